The molecule has 0 fully saturated rings. The summed E-state index contributed by atoms with van der Waals surface area (Å²) in [6, 6.07) is 7.56. The summed E-state index contributed by atoms with van der Waals surface area (Å²) < 4.78 is 2.05. The van der Waals surface area contributed by atoms with E-state index in [2.05, 4.69) is 30.5 Å². The van der Waals surface area contributed by atoms with Crippen molar-refractivity contribution in [1.82, 2.24) is 9.55 Å². The zero-order valence-electron chi connectivity index (χ0n) is 13.2. The van der Waals surface area contributed by atoms with Gasteiger partial charge in [-0.3, -0.25) is 4.79 Å². The van der Waals surface area contributed by atoms with E-state index < -0.39 is 0 Å². The van der Waals surface area contributed by atoms with Gasteiger partial charge < -0.3 is 4.57 Å². The van der Waals surface area contributed by atoms with Crippen molar-refractivity contribution in [2.24, 2.45) is 7.05 Å². The van der Waals surface area contributed by atoms with Crippen LogP contribution < -0.4 is 0 Å². The third-order valence-electron chi connectivity index (χ3n) is 4.09. The number of fused-ring (bicyclic) bond motifs is 1. The minimum atomic E-state index is 0.396. The summed E-state index contributed by atoms with van der Waals surface area (Å²) in [5.41, 5.74) is 5.56. The zero-order chi connectivity index (χ0) is 16.7. The van der Waals surface area contributed by atoms with Crippen LogP contribution in [0.2, 0.25) is 10.0 Å². The van der Waals surface area contributed by atoms with E-state index in [9.17, 15) is 4.79 Å². The van der Waals surface area contributed by atoms with Crippen LogP contribution in [0.1, 0.15) is 32.9 Å². The fourth-order valence-corrected chi connectivity index (χ4v) is 3.42. The summed E-state index contributed by atoms with van der Waals surface area (Å²) in [5, 5.41) is 0.938. The Bertz CT molecular complexity index is 929. The van der Waals surface area contributed by atoms with Crippen LogP contribution in [0.25, 0.3) is 11.0 Å². The van der Waals surface area contributed by atoms with Gasteiger partial charge in [0.2, 0.25) is 0 Å². The number of rotatable bonds is 3. The molecule has 23 heavy (non-hydrogen) atoms. The fraction of sp³-hybridized carbons (Fsp3) is 0.222. The van der Waals surface area contributed by atoms with Crippen molar-refractivity contribution in [1.29, 1.82) is 0 Å². The molecule has 3 aromatic rings. The summed E-state index contributed by atoms with van der Waals surface area (Å²) in [4.78, 5) is 15.8. The Morgan fingerprint density at radius 3 is 2.65 bits per heavy atom. The number of benzene rings is 2. The number of halogens is 2. The van der Waals surface area contributed by atoms with Gasteiger partial charge in [-0.1, -0.05) is 29.3 Å². The normalized spacial score (nSPS) is 11.2. The molecule has 0 saturated heterocycles. The van der Waals surface area contributed by atoms with Gasteiger partial charge in [0.15, 0.2) is 6.29 Å². The first kappa shape index (κ1) is 16.0. The van der Waals surface area contributed by atoms with Crippen molar-refractivity contribution >= 4 is 40.5 Å². The number of nitrogens with zero attached hydrogens (tertiary/aromatic N) is 2. The van der Waals surface area contributed by atoms with Gasteiger partial charge in [0.25, 0.3) is 0 Å². The lowest BCUT2D eigenvalue weighted by Crippen LogP contribution is -2.01. The van der Waals surface area contributed by atoms with Crippen molar-refractivity contribution in [3.63, 3.8) is 0 Å². The van der Waals surface area contributed by atoms with E-state index in [1.807, 2.05) is 7.05 Å². The maximum Gasteiger partial charge on any atom is 0.151 e. The van der Waals surface area contributed by atoms with Crippen LogP contribution in [0.3, 0.4) is 0 Å². The highest BCUT2D eigenvalue weighted by atomic mass is 35.5. The Morgan fingerprint density at radius 2 is 1.96 bits per heavy atom. The largest absolute Gasteiger partial charge is 0.331 e. The van der Waals surface area contributed by atoms with E-state index in [-0.39, 0.29) is 0 Å². The standard InChI is InChI=1S/C18H16Cl2N2O/c1-10-6-11(2)18-15(7-10)22(3)16(21-18)8-13-14(19)5-4-12(9-23)17(13)20/h4-7,9H,8H2,1-3H3. The van der Waals surface area contributed by atoms with Crippen molar-refractivity contribution in [2.75, 3.05) is 0 Å². The molecule has 3 nitrogen and oxygen atoms in total. The molecule has 5 heteroatoms. The molecule has 0 saturated carbocycles. The van der Waals surface area contributed by atoms with Crippen LogP contribution in [0.4, 0.5) is 0 Å². The number of aryl methyl sites for hydroxylation is 3. The quantitative estimate of drug-likeness (QED) is 0.632. The van der Waals surface area contributed by atoms with Gasteiger partial charge in [-0.05, 0) is 48.7 Å². The molecule has 0 amide bonds. The predicted octanol–water partition coefficient (Wildman–Crippen LogP) is 4.90. The maximum atomic E-state index is 11.1. The second kappa shape index (κ2) is 5.99. The van der Waals surface area contributed by atoms with E-state index in [0.29, 0.717) is 22.0 Å². The van der Waals surface area contributed by atoms with Gasteiger partial charge in [-0.2, -0.15) is 0 Å². The van der Waals surface area contributed by atoms with Crippen molar-refractivity contribution in [3.05, 3.63) is 62.4 Å². The Hall–Kier alpha value is -1.84. The zero-order valence-corrected chi connectivity index (χ0v) is 14.7. The SMILES string of the molecule is Cc1cc(C)c2nc(Cc3c(Cl)ccc(C=O)c3Cl)n(C)c2c1. The van der Waals surface area contributed by atoms with Crippen molar-refractivity contribution in [2.45, 2.75) is 20.3 Å². The molecule has 0 bridgehead atoms. The predicted molar refractivity (Wildman–Crippen MR) is 94.8 cm³/mol. The average Bonchev–Trinajstić information content (AvgIpc) is 2.81. The van der Waals surface area contributed by atoms with Gasteiger partial charge in [-0.25, -0.2) is 4.98 Å². The highest BCUT2D eigenvalue weighted by Crippen LogP contribution is 2.30. The van der Waals surface area contributed by atoms with Crippen LogP contribution in [0, 0.1) is 13.8 Å². The molecular formula is C18H16Cl2N2O. The van der Waals surface area contributed by atoms with Crippen LogP contribution >= 0.6 is 23.2 Å². The van der Waals surface area contributed by atoms with Gasteiger partial charge in [0, 0.05) is 24.1 Å². The van der Waals surface area contributed by atoms with E-state index in [1.165, 1.54) is 5.56 Å². The summed E-state index contributed by atoms with van der Waals surface area (Å²) in [6.45, 7) is 4.12. The van der Waals surface area contributed by atoms with Crippen LogP contribution in [-0.2, 0) is 13.5 Å². The number of carbonyl (C=O) groups excluding carboxylic acids is 1. The first-order chi connectivity index (χ1) is 10.9. The molecule has 3 rings (SSSR count). The molecule has 2 aromatic carbocycles. The smallest absolute Gasteiger partial charge is 0.151 e. The number of hydrogen-bond donors (Lipinski definition) is 0. The number of aldehydes is 1. The summed E-state index contributed by atoms with van der Waals surface area (Å²) in [5.74, 6) is 0.862. The first-order valence-corrected chi connectivity index (χ1v) is 8.02. The van der Waals surface area contributed by atoms with E-state index in [0.717, 1.165) is 34.3 Å². The Labute approximate surface area is 144 Å². The molecule has 0 aliphatic carbocycles. The summed E-state index contributed by atoms with van der Waals surface area (Å²) in [6.07, 6.45) is 1.22. The maximum absolute atomic E-state index is 11.1. The first-order valence-electron chi connectivity index (χ1n) is 7.27. The minimum absolute atomic E-state index is 0.396. The van der Waals surface area contributed by atoms with Gasteiger partial charge in [0.05, 0.1) is 16.1 Å². The molecule has 118 valence electrons. The Kier molecular flexibility index (Phi) is 4.17. The molecule has 0 N–H and O–H groups in total. The lowest BCUT2D eigenvalue weighted by molar-refractivity contribution is 0.112. The topological polar surface area (TPSA) is 34.9 Å². The van der Waals surface area contributed by atoms with Crippen LogP contribution in [0.15, 0.2) is 24.3 Å². The van der Waals surface area contributed by atoms with E-state index >= 15 is 0 Å². The summed E-state index contributed by atoms with van der Waals surface area (Å²) >= 11 is 12.6. The van der Waals surface area contributed by atoms with Crippen LogP contribution in [0.5, 0.6) is 0 Å². The Morgan fingerprint density at radius 1 is 1.22 bits per heavy atom. The molecule has 0 spiro atoms. The van der Waals surface area contributed by atoms with Crippen LogP contribution in [-0.4, -0.2) is 15.8 Å². The Balaban J connectivity index is 2.15. The monoisotopic (exact) mass is 346 g/mol. The molecule has 0 unspecified atom stereocenters. The third-order valence-corrected chi connectivity index (χ3v) is 4.89. The molecule has 0 aliphatic heterocycles. The number of hydrogen-bond acceptors (Lipinski definition) is 2. The highest BCUT2D eigenvalue weighted by Gasteiger charge is 2.16. The van der Waals surface area contributed by atoms with Gasteiger partial charge >= 0.3 is 0 Å². The third kappa shape index (κ3) is 2.75. The highest BCUT2D eigenvalue weighted by molar-refractivity contribution is 6.37. The second-order valence-electron chi connectivity index (χ2n) is 5.76. The minimum Gasteiger partial charge on any atom is -0.331 e. The lowest BCUT2D eigenvalue weighted by atomic mass is 10.1. The number of carbonyl (C=O) groups is 1. The molecule has 0 radical (unpaired) electrons. The molecule has 0 aliphatic rings. The average molecular weight is 347 g/mol. The van der Waals surface area contributed by atoms with E-state index in [4.69, 9.17) is 28.2 Å². The van der Waals surface area contributed by atoms with Gasteiger partial charge in [-0.15, -0.1) is 0 Å². The fourth-order valence-electron chi connectivity index (χ4n) is 2.87. The lowest BCUT2D eigenvalue weighted by Gasteiger charge is -2.09. The number of imidazole rings is 1. The summed E-state index contributed by atoms with van der Waals surface area (Å²) in [7, 11) is 1.98. The van der Waals surface area contributed by atoms with E-state index in [1.54, 1.807) is 12.1 Å². The number of aromatic nitrogens is 2. The molecule has 1 heterocycles. The van der Waals surface area contributed by atoms with Crippen molar-refractivity contribution in [3.8, 4) is 0 Å². The second-order valence-corrected chi connectivity index (χ2v) is 6.55. The van der Waals surface area contributed by atoms with Crippen molar-refractivity contribution < 1.29 is 4.79 Å². The molecule has 1 aromatic heterocycles. The molecule has 0 atom stereocenters. The molecular weight excluding hydrogens is 331 g/mol. The van der Waals surface area contributed by atoms with Gasteiger partial charge in [0.1, 0.15) is 5.82 Å².